The molecule has 1 aromatic heterocycles. The first kappa shape index (κ1) is 10.7. The molecule has 1 aromatic rings. The molecule has 0 bridgehead atoms. The lowest BCUT2D eigenvalue weighted by Gasteiger charge is -2.13. The summed E-state index contributed by atoms with van der Waals surface area (Å²) in [5, 5.41) is 10.3. The van der Waals surface area contributed by atoms with Crippen molar-refractivity contribution in [1.82, 2.24) is 15.5 Å². The van der Waals surface area contributed by atoms with Gasteiger partial charge in [-0.1, -0.05) is 15.9 Å². The minimum absolute atomic E-state index is 0.0374. The van der Waals surface area contributed by atoms with Crippen molar-refractivity contribution >= 4 is 21.8 Å². The van der Waals surface area contributed by atoms with Crippen molar-refractivity contribution in [3.8, 4) is 0 Å². The number of aromatic nitrogens is 2. The highest BCUT2D eigenvalue weighted by Crippen LogP contribution is 2.48. The first-order chi connectivity index (χ1) is 7.26. The van der Waals surface area contributed by atoms with Crippen LogP contribution in [0.25, 0.3) is 0 Å². The van der Waals surface area contributed by atoms with Gasteiger partial charge in [0.05, 0.1) is 11.8 Å². The maximum atomic E-state index is 11.6. The highest BCUT2D eigenvalue weighted by Gasteiger charge is 2.41. The number of carbonyl (C=O) groups excluding carboxylic acids is 1. The van der Waals surface area contributed by atoms with E-state index in [-0.39, 0.29) is 5.91 Å². The van der Waals surface area contributed by atoms with E-state index >= 15 is 0 Å². The van der Waals surface area contributed by atoms with Crippen molar-refractivity contribution in [2.75, 3.05) is 11.9 Å². The van der Waals surface area contributed by atoms with Crippen LogP contribution in [0.3, 0.4) is 0 Å². The number of aromatic amines is 1. The van der Waals surface area contributed by atoms with Gasteiger partial charge in [-0.15, -0.1) is 0 Å². The predicted molar refractivity (Wildman–Crippen MR) is 61.0 cm³/mol. The van der Waals surface area contributed by atoms with Gasteiger partial charge in [0.2, 0.25) is 0 Å². The van der Waals surface area contributed by atoms with Gasteiger partial charge in [0, 0.05) is 18.1 Å². The molecule has 1 fully saturated rings. The van der Waals surface area contributed by atoms with E-state index < -0.39 is 0 Å². The van der Waals surface area contributed by atoms with E-state index in [1.54, 1.807) is 12.4 Å². The van der Waals surface area contributed by atoms with Gasteiger partial charge in [-0.05, 0) is 24.7 Å². The Morgan fingerprint density at radius 1 is 1.67 bits per heavy atom. The fraction of sp³-hybridized carbons (Fsp3) is 0.600. The van der Waals surface area contributed by atoms with Crippen molar-refractivity contribution in [1.29, 1.82) is 0 Å². The molecule has 15 heavy (non-hydrogen) atoms. The average molecular weight is 272 g/mol. The number of hydrogen-bond donors (Lipinski definition) is 2. The highest BCUT2D eigenvalue weighted by molar-refractivity contribution is 9.09. The molecule has 0 aromatic carbocycles. The Morgan fingerprint density at radius 2 is 2.47 bits per heavy atom. The number of halogens is 1. The third-order valence-electron chi connectivity index (χ3n) is 2.97. The number of nitrogens with one attached hydrogen (secondary N) is 2. The van der Waals surface area contributed by atoms with Gasteiger partial charge in [0.25, 0.3) is 5.91 Å². The molecule has 0 aliphatic heterocycles. The molecule has 1 heterocycles. The van der Waals surface area contributed by atoms with Crippen LogP contribution in [0.4, 0.5) is 0 Å². The lowest BCUT2D eigenvalue weighted by atomic mass is 10.0. The molecule has 1 amide bonds. The first-order valence-corrected chi connectivity index (χ1v) is 6.21. The van der Waals surface area contributed by atoms with Crippen LogP contribution in [0.15, 0.2) is 12.4 Å². The third kappa shape index (κ3) is 2.59. The average Bonchev–Trinajstić information content (AvgIpc) is 2.81. The molecular weight excluding hydrogens is 258 g/mol. The standard InChI is InChI=1S/C10H14BrN3O/c11-4-3-10(1-2-10)7-12-9(15)8-5-13-14-6-8/h5-6H,1-4,7H2,(H,12,15)(H,13,14). The summed E-state index contributed by atoms with van der Waals surface area (Å²) in [5.74, 6) is -0.0374. The van der Waals surface area contributed by atoms with Crippen LogP contribution < -0.4 is 5.32 Å². The third-order valence-corrected chi connectivity index (χ3v) is 3.36. The second-order valence-corrected chi connectivity index (χ2v) is 4.90. The van der Waals surface area contributed by atoms with Gasteiger partial charge in [-0.25, -0.2) is 0 Å². The zero-order chi connectivity index (χ0) is 10.7. The molecule has 1 saturated carbocycles. The molecule has 4 nitrogen and oxygen atoms in total. The number of carbonyl (C=O) groups is 1. The fourth-order valence-electron chi connectivity index (χ4n) is 1.64. The molecule has 5 heteroatoms. The van der Waals surface area contributed by atoms with Crippen LogP contribution in [-0.2, 0) is 0 Å². The van der Waals surface area contributed by atoms with Gasteiger partial charge >= 0.3 is 0 Å². The smallest absolute Gasteiger partial charge is 0.254 e. The Hall–Kier alpha value is -0.840. The Kier molecular flexibility index (Phi) is 3.09. The normalized spacial score (nSPS) is 17.4. The summed E-state index contributed by atoms with van der Waals surface area (Å²) >= 11 is 3.44. The Balaban J connectivity index is 1.81. The summed E-state index contributed by atoms with van der Waals surface area (Å²) < 4.78 is 0. The quantitative estimate of drug-likeness (QED) is 0.801. The second-order valence-electron chi connectivity index (χ2n) is 4.11. The molecule has 0 spiro atoms. The van der Waals surface area contributed by atoms with Gasteiger partial charge in [-0.2, -0.15) is 5.10 Å². The number of nitrogens with zero attached hydrogens (tertiary/aromatic N) is 1. The molecule has 0 unspecified atom stereocenters. The van der Waals surface area contributed by atoms with Gasteiger partial charge < -0.3 is 5.32 Å². The van der Waals surface area contributed by atoms with Crippen LogP contribution in [-0.4, -0.2) is 28.0 Å². The predicted octanol–water partition coefficient (Wildman–Crippen LogP) is 1.70. The molecule has 1 aliphatic rings. The van der Waals surface area contributed by atoms with Crippen LogP contribution in [0.5, 0.6) is 0 Å². The summed E-state index contributed by atoms with van der Waals surface area (Å²) in [6, 6.07) is 0. The number of alkyl halides is 1. The van der Waals surface area contributed by atoms with E-state index in [2.05, 4.69) is 31.4 Å². The molecule has 82 valence electrons. The Bertz CT molecular complexity index is 332. The van der Waals surface area contributed by atoms with Crippen molar-refractivity contribution in [3.05, 3.63) is 18.0 Å². The minimum Gasteiger partial charge on any atom is -0.351 e. The van der Waals surface area contributed by atoms with Crippen molar-refractivity contribution < 1.29 is 4.79 Å². The van der Waals surface area contributed by atoms with Crippen LogP contribution in [0.1, 0.15) is 29.6 Å². The van der Waals surface area contributed by atoms with E-state index in [9.17, 15) is 4.79 Å². The lowest BCUT2D eigenvalue weighted by Crippen LogP contribution is -2.30. The van der Waals surface area contributed by atoms with Gasteiger partial charge in [0.1, 0.15) is 0 Å². The van der Waals surface area contributed by atoms with E-state index in [1.807, 2.05) is 0 Å². The second kappa shape index (κ2) is 4.35. The van der Waals surface area contributed by atoms with Crippen molar-refractivity contribution in [2.45, 2.75) is 19.3 Å². The molecule has 0 saturated heterocycles. The highest BCUT2D eigenvalue weighted by atomic mass is 79.9. The fourth-order valence-corrected chi connectivity index (χ4v) is 2.48. The summed E-state index contributed by atoms with van der Waals surface area (Å²) in [7, 11) is 0. The molecule has 1 aliphatic carbocycles. The van der Waals surface area contributed by atoms with Crippen LogP contribution >= 0.6 is 15.9 Å². The molecule has 2 N–H and O–H groups in total. The summed E-state index contributed by atoms with van der Waals surface area (Å²) in [6.45, 7) is 0.780. The summed E-state index contributed by atoms with van der Waals surface area (Å²) in [6.07, 6.45) is 6.74. The SMILES string of the molecule is O=C(NCC1(CCBr)CC1)c1cn[nH]c1. The Labute approximate surface area is 97.0 Å². The van der Waals surface area contributed by atoms with E-state index in [4.69, 9.17) is 0 Å². The minimum atomic E-state index is -0.0374. The van der Waals surface area contributed by atoms with E-state index in [0.717, 1.165) is 18.3 Å². The van der Waals surface area contributed by atoms with Crippen LogP contribution in [0.2, 0.25) is 0 Å². The maximum Gasteiger partial charge on any atom is 0.254 e. The molecule has 0 atom stereocenters. The topological polar surface area (TPSA) is 57.8 Å². The van der Waals surface area contributed by atoms with Crippen LogP contribution in [0, 0.1) is 5.41 Å². The number of H-pyrrole nitrogens is 1. The first-order valence-electron chi connectivity index (χ1n) is 5.09. The van der Waals surface area contributed by atoms with Gasteiger partial charge in [-0.3, -0.25) is 9.89 Å². The lowest BCUT2D eigenvalue weighted by molar-refractivity contribution is 0.0944. The number of amides is 1. The zero-order valence-electron chi connectivity index (χ0n) is 8.42. The monoisotopic (exact) mass is 271 g/mol. The summed E-state index contributed by atoms with van der Waals surface area (Å²) in [4.78, 5) is 11.6. The maximum absolute atomic E-state index is 11.6. The zero-order valence-corrected chi connectivity index (χ0v) is 10.0. The molecule has 0 radical (unpaired) electrons. The summed E-state index contributed by atoms with van der Waals surface area (Å²) in [5.41, 5.74) is 0.966. The van der Waals surface area contributed by atoms with Gasteiger partial charge in [0.15, 0.2) is 0 Å². The van der Waals surface area contributed by atoms with Crippen molar-refractivity contribution in [2.24, 2.45) is 5.41 Å². The number of hydrogen-bond acceptors (Lipinski definition) is 2. The largest absolute Gasteiger partial charge is 0.351 e. The number of rotatable bonds is 5. The Morgan fingerprint density at radius 3 is 3.00 bits per heavy atom. The molecule has 2 rings (SSSR count). The van der Waals surface area contributed by atoms with Crippen molar-refractivity contribution in [3.63, 3.8) is 0 Å². The van der Waals surface area contributed by atoms with E-state index in [0.29, 0.717) is 11.0 Å². The molecular formula is C10H14BrN3O. The van der Waals surface area contributed by atoms with E-state index in [1.165, 1.54) is 12.8 Å².